The second kappa shape index (κ2) is 7.27. The number of methoxy groups -OCH3 is 1. The van der Waals surface area contributed by atoms with E-state index in [0.717, 1.165) is 18.0 Å². The van der Waals surface area contributed by atoms with Crippen LogP contribution >= 0.6 is 0 Å². The lowest BCUT2D eigenvalue weighted by molar-refractivity contribution is 0.146. The number of rotatable bonds is 7. The fraction of sp³-hybridized carbons (Fsp3) is 0.600. The van der Waals surface area contributed by atoms with Crippen LogP contribution in [-0.2, 0) is 0 Å². The van der Waals surface area contributed by atoms with Crippen molar-refractivity contribution in [2.45, 2.75) is 39.8 Å². The molecule has 0 aliphatic rings. The van der Waals surface area contributed by atoms with Gasteiger partial charge in [-0.05, 0) is 30.2 Å². The summed E-state index contributed by atoms with van der Waals surface area (Å²) in [5.41, 5.74) is 0. The molecule has 1 N–H and O–H groups in total. The quantitative estimate of drug-likeness (QED) is 0.807. The molecule has 0 saturated heterocycles. The van der Waals surface area contributed by atoms with Gasteiger partial charge in [0.2, 0.25) is 0 Å². The molecule has 0 spiro atoms. The Hall–Kier alpha value is -1.22. The predicted octanol–water partition coefficient (Wildman–Crippen LogP) is 3.10. The van der Waals surface area contributed by atoms with Gasteiger partial charge in [0.15, 0.2) is 0 Å². The minimum atomic E-state index is 0.181. The zero-order valence-electron chi connectivity index (χ0n) is 12.1. The molecule has 0 saturated carbocycles. The molecule has 1 rings (SSSR count). The number of hydrogen-bond acceptors (Lipinski definition) is 3. The minimum absolute atomic E-state index is 0.181. The van der Waals surface area contributed by atoms with Crippen LogP contribution in [0.3, 0.4) is 0 Å². The van der Waals surface area contributed by atoms with Gasteiger partial charge in [-0.15, -0.1) is 0 Å². The van der Waals surface area contributed by atoms with Gasteiger partial charge in [0.05, 0.1) is 7.11 Å². The van der Waals surface area contributed by atoms with Crippen molar-refractivity contribution in [2.24, 2.45) is 5.92 Å². The summed E-state index contributed by atoms with van der Waals surface area (Å²) in [4.78, 5) is 0. The number of benzene rings is 1. The highest BCUT2D eigenvalue weighted by atomic mass is 16.5. The summed E-state index contributed by atoms with van der Waals surface area (Å²) in [7, 11) is 1.67. The Morgan fingerprint density at radius 2 is 1.56 bits per heavy atom. The van der Waals surface area contributed by atoms with E-state index in [1.807, 2.05) is 24.3 Å². The zero-order valence-corrected chi connectivity index (χ0v) is 12.1. The van der Waals surface area contributed by atoms with Gasteiger partial charge in [0.25, 0.3) is 0 Å². The van der Waals surface area contributed by atoms with Crippen LogP contribution in [0.1, 0.15) is 27.7 Å². The van der Waals surface area contributed by atoms with E-state index in [4.69, 9.17) is 9.47 Å². The molecular weight excluding hydrogens is 226 g/mol. The molecule has 3 heteroatoms. The molecule has 1 aromatic rings. The first kappa shape index (κ1) is 14.8. The van der Waals surface area contributed by atoms with E-state index in [2.05, 4.69) is 33.0 Å². The number of nitrogens with one attached hydrogen (secondary N) is 1. The summed E-state index contributed by atoms with van der Waals surface area (Å²) >= 11 is 0. The molecule has 0 radical (unpaired) electrons. The molecule has 0 aromatic heterocycles. The van der Waals surface area contributed by atoms with Gasteiger partial charge in [-0.1, -0.05) is 27.7 Å². The van der Waals surface area contributed by atoms with Crippen LogP contribution in [-0.4, -0.2) is 25.8 Å². The van der Waals surface area contributed by atoms with E-state index in [9.17, 15) is 0 Å². The van der Waals surface area contributed by atoms with Crippen molar-refractivity contribution in [3.05, 3.63) is 24.3 Å². The third-order valence-electron chi connectivity index (χ3n) is 2.82. The molecule has 1 aromatic carbocycles. The Morgan fingerprint density at radius 1 is 1.00 bits per heavy atom. The molecule has 0 heterocycles. The maximum absolute atomic E-state index is 6.01. The van der Waals surface area contributed by atoms with Crippen LogP contribution in [0.5, 0.6) is 11.5 Å². The summed E-state index contributed by atoms with van der Waals surface area (Å²) < 4.78 is 11.1. The molecule has 3 nitrogen and oxygen atoms in total. The normalized spacial score (nSPS) is 12.8. The van der Waals surface area contributed by atoms with Crippen molar-refractivity contribution in [2.75, 3.05) is 13.7 Å². The highest BCUT2D eigenvalue weighted by Gasteiger charge is 2.15. The van der Waals surface area contributed by atoms with Crippen molar-refractivity contribution in [3.63, 3.8) is 0 Å². The van der Waals surface area contributed by atoms with Gasteiger partial charge in [0, 0.05) is 12.6 Å². The van der Waals surface area contributed by atoms with Crippen molar-refractivity contribution in [3.8, 4) is 11.5 Å². The van der Waals surface area contributed by atoms with Crippen LogP contribution < -0.4 is 14.8 Å². The highest BCUT2D eigenvalue weighted by molar-refractivity contribution is 5.31. The zero-order chi connectivity index (χ0) is 13.5. The lowest BCUT2D eigenvalue weighted by Crippen LogP contribution is -2.38. The summed E-state index contributed by atoms with van der Waals surface area (Å²) in [6.45, 7) is 9.50. The maximum Gasteiger partial charge on any atom is 0.120 e. The van der Waals surface area contributed by atoms with Crippen LogP contribution in [0.4, 0.5) is 0 Å². The monoisotopic (exact) mass is 251 g/mol. The SMILES string of the molecule is COc1ccc(OC(CNC(C)C)C(C)C)cc1. The Balaban J connectivity index is 2.58. The smallest absolute Gasteiger partial charge is 0.120 e. The molecule has 18 heavy (non-hydrogen) atoms. The molecule has 102 valence electrons. The number of ether oxygens (including phenoxy) is 2. The van der Waals surface area contributed by atoms with Crippen molar-refractivity contribution < 1.29 is 9.47 Å². The Morgan fingerprint density at radius 3 is 2.00 bits per heavy atom. The van der Waals surface area contributed by atoms with Crippen molar-refractivity contribution in [1.82, 2.24) is 5.32 Å². The summed E-state index contributed by atoms with van der Waals surface area (Å²) in [6, 6.07) is 8.21. The lowest BCUT2D eigenvalue weighted by atomic mass is 10.1. The van der Waals surface area contributed by atoms with Crippen molar-refractivity contribution in [1.29, 1.82) is 0 Å². The van der Waals surface area contributed by atoms with Gasteiger partial charge in [-0.3, -0.25) is 0 Å². The van der Waals surface area contributed by atoms with E-state index in [1.165, 1.54) is 0 Å². The minimum Gasteiger partial charge on any atom is -0.497 e. The van der Waals surface area contributed by atoms with Crippen LogP contribution in [0.25, 0.3) is 0 Å². The van der Waals surface area contributed by atoms with E-state index in [0.29, 0.717) is 12.0 Å². The first-order valence-corrected chi connectivity index (χ1v) is 6.57. The molecule has 0 fully saturated rings. The van der Waals surface area contributed by atoms with Crippen LogP contribution in [0.15, 0.2) is 24.3 Å². The lowest BCUT2D eigenvalue weighted by Gasteiger charge is -2.24. The van der Waals surface area contributed by atoms with E-state index >= 15 is 0 Å². The standard InChI is InChI=1S/C15H25NO2/c1-11(2)15(10-16-12(3)4)18-14-8-6-13(17-5)7-9-14/h6-9,11-12,15-16H,10H2,1-5H3. The van der Waals surface area contributed by atoms with Crippen molar-refractivity contribution >= 4 is 0 Å². The fourth-order valence-corrected chi connectivity index (χ4v) is 1.59. The molecular formula is C15H25NO2. The number of hydrogen-bond donors (Lipinski definition) is 1. The Kier molecular flexibility index (Phi) is 5.99. The summed E-state index contributed by atoms with van der Waals surface area (Å²) in [5, 5.41) is 3.42. The largest absolute Gasteiger partial charge is 0.497 e. The topological polar surface area (TPSA) is 30.5 Å². The molecule has 1 atom stereocenters. The van der Waals surface area contributed by atoms with Gasteiger partial charge in [0.1, 0.15) is 17.6 Å². The Labute approximate surface area is 110 Å². The first-order valence-electron chi connectivity index (χ1n) is 6.57. The molecule has 1 unspecified atom stereocenters. The second-order valence-electron chi connectivity index (χ2n) is 5.14. The van der Waals surface area contributed by atoms with E-state index < -0.39 is 0 Å². The molecule has 0 aliphatic heterocycles. The molecule has 0 bridgehead atoms. The van der Waals surface area contributed by atoms with Gasteiger partial charge >= 0.3 is 0 Å². The third kappa shape index (κ3) is 4.96. The van der Waals surface area contributed by atoms with Crippen LogP contribution in [0.2, 0.25) is 0 Å². The molecule has 0 amide bonds. The predicted molar refractivity (Wildman–Crippen MR) is 75.4 cm³/mol. The van der Waals surface area contributed by atoms with Gasteiger partial charge in [-0.2, -0.15) is 0 Å². The second-order valence-corrected chi connectivity index (χ2v) is 5.14. The summed E-state index contributed by atoms with van der Waals surface area (Å²) in [5.74, 6) is 2.21. The van der Waals surface area contributed by atoms with Gasteiger partial charge in [-0.25, -0.2) is 0 Å². The average molecular weight is 251 g/mol. The van der Waals surface area contributed by atoms with Crippen LogP contribution in [0, 0.1) is 5.92 Å². The fourth-order valence-electron chi connectivity index (χ4n) is 1.59. The van der Waals surface area contributed by atoms with Gasteiger partial charge < -0.3 is 14.8 Å². The summed E-state index contributed by atoms with van der Waals surface area (Å²) in [6.07, 6.45) is 0.181. The maximum atomic E-state index is 6.01. The molecule has 0 aliphatic carbocycles. The van der Waals surface area contributed by atoms with E-state index in [1.54, 1.807) is 7.11 Å². The average Bonchev–Trinajstić information content (AvgIpc) is 2.34. The third-order valence-corrected chi connectivity index (χ3v) is 2.82. The first-order chi connectivity index (χ1) is 8.52. The van der Waals surface area contributed by atoms with E-state index in [-0.39, 0.29) is 6.10 Å². The highest BCUT2D eigenvalue weighted by Crippen LogP contribution is 2.20. The Bertz CT molecular complexity index is 333.